The van der Waals surface area contributed by atoms with Crippen LogP contribution >= 0.6 is 0 Å². The van der Waals surface area contributed by atoms with E-state index in [0.29, 0.717) is 18.4 Å². The Morgan fingerprint density at radius 2 is 2.15 bits per heavy atom. The molecular formula is C16H31NO3. The smallest absolute Gasteiger partial charge is 0.323 e. The van der Waals surface area contributed by atoms with Crippen molar-refractivity contribution in [2.45, 2.75) is 77.3 Å². The van der Waals surface area contributed by atoms with Crippen molar-refractivity contribution in [3.05, 3.63) is 0 Å². The number of rotatable bonds is 12. The van der Waals surface area contributed by atoms with Gasteiger partial charge in [-0.15, -0.1) is 0 Å². The fourth-order valence-corrected chi connectivity index (χ4v) is 2.46. The molecule has 0 aromatic carbocycles. The van der Waals surface area contributed by atoms with Gasteiger partial charge in [0.2, 0.25) is 0 Å². The molecule has 4 nitrogen and oxygen atoms in total. The maximum absolute atomic E-state index is 11.4. The number of carboxylic acid groups (broad SMARTS) is 1. The Labute approximate surface area is 123 Å². The summed E-state index contributed by atoms with van der Waals surface area (Å²) in [6.07, 6.45) is 7.14. The summed E-state index contributed by atoms with van der Waals surface area (Å²) in [5.74, 6) is -0.109. The van der Waals surface area contributed by atoms with Gasteiger partial charge in [-0.1, -0.05) is 20.3 Å². The highest BCUT2D eigenvalue weighted by atomic mass is 16.5. The van der Waals surface area contributed by atoms with Crippen LogP contribution in [-0.2, 0) is 9.53 Å². The first-order valence-electron chi connectivity index (χ1n) is 8.06. The van der Waals surface area contributed by atoms with Gasteiger partial charge in [-0.2, -0.15) is 0 Å². The van der Waals surface area contributed by atoms with Gasteiger partial charge in [0, 0.05) is 19.3 Å². The van der Waals surface area contributed by atoms with Gasteiger partial charge in [0.05, 0.1) is 0 Å². The average Bonchev–Trinajstić information content (AvgIpc) is 3.17. The molecule has 1 fully saturated rings. The second-order valence-electron chi connectivity index (χ2n) is 6.48. The Morgan fingerprint density at radius 1 is 1.45 bits per heavy atom. The van der Waals surface area contributed by atoms with Crippen LogP contribution in [0.25, 0.3) is 0 Å². The molecule has 0 radical (unpaired) electrons. The van der Waals surface area contributed by atoms with E-state index in [2.05, 4.69) is 19.2 Å². The van der Waals surface area contributed by atoms with Gasteiger partial charge in [0.25, 0.3) is 0 Å². The second-order valence-corrected chi connectivity index (χ2v) is 6.48. The number of hydrogen-bond donors (Lipinski definition) is 2. The van der Waals surface area contributed by atoms with E-state index >= 15 is 0 Å². The summed E-state index contributed by atoms with van der Waals surface area (Å²) >= 11 is 0. The van der Waals surface area contributed by atoms with E-state index in [0.717, 1.165) is 38.9 Å². The van der Waals surface area contributed by atoms with Gasteiger partial charge in [-0.05, 0) is 51.4 Å². The average molecular weight is 285 g/mol. The predicted octanol–water partition coefficient (Wildman–Crippen LogP) is 3.20. The summed E-state index contributed by atoms with van der Waals surface area (Å²) in [6.45, 7) is 7.77. The third kappa shape index (κ3) is 6.71. The summed E-state index contributed by atoms with van der Waals surface area (Å²) in [7, 11) is 0. The Morgan fingerprint density at radius 3 is 2.70 bits per heavy atom. The van der Waals surface area contributed by atoms with E-state index in [-0.39, 0.29) is 0 Å². The summed E-state index contributed by atoms with van der Waals surface area (Å²) in [4.78, 5) is 11.4. The Hall–Kier alpha value is -0.610. The van der Waals surface area contributed by atoms with Gasteiger partial charge in [-0.3, -0.25) is 10.1 Å². The zero-order chi connectivity index (χ0) is 15.0. The quantitative estimate of drug-likeness (QED) is 0.541. The van der Waals surface area contributed by atoms with Gasteiger partial charge in [-0.25, -0.2) is 0 Å². The molecule has 0 amide bonds. The Balaban J connectivity index is 2.10. The van der Waals surface area contributed by atoms with Crippen LogP contribution in [0.3, 0.4) is 0 Å². The molecule has 0 heterocycles. The van der Waals surface area contributed by atoms with Crippen LogP contribution in [0.15, 0.2) is 0 Å². The number of ether oxygens (including phenoxy) is 1. The predicted molar refractivity (Wildman–Crippen MR) is 80.9 cm³/mol. The molecule has 0 spiro atoms. The molecule has 0 saturated heterocycles. The lowest BCUT2D eigenvalue weighted by Crippen LogP contribution is -2.50. The van der Waals surface area contributed by atoms with Gasteiger partial charge < -0.3 is 9.84 Å². The lowest BCUT2D eigenvalue weighted by atomic mass is 9.95. The van der Waals surface area contributed by atoms with Crippen LogP contribution in [0.1, 0.15) is 65.7 Å². The molecular weight excluding hydrogens is 254 g/mol. The zero-order valence-corrected chi connectivity index (χ0v) is 13.3. The molecule has 0 aliphatic heterocycles. The minimum atomic E-state index is -0.767. The maximum atomic E-state index is 11.4. The van der Waals surface area contributed by atoms with Gasteiger partial charge >= 0.3 is 5.97 Å². The first kappa shape index (κ1) is 17.4. The topological polar surface area (TPSA) is 58.6 Å². The van der Waals surface area contributed by atoms with E-state index in [4.69, 9.17) is 4.74 Å². The Bertz CT molecular complexity index is 291. The molecule has 2 N–H and O–H groups in total. The molecule has 1 saturated carbocycles. The van der Waals surface area contributed by atoms with Crippen LogP contribution in [0.5, 0.6) is 0 Å². The minimum absolute atomic E-state index is 0.419. The summed E-state index contributed by atoms with van der Waals surface area (Å²) in [5, 5.41) is 12.6. The summed E-state index contributed by atoms with van der Waals surface area (Å²) in [5.41, 5.74) is -0.767. The number of hydrogen-bond acceptors (Lipinski definition) is 3. The number of carbonyl (C=O) groups is 1. The number of aliphatic carboxylic acids is 1. The highest BCUT2D eigenvalue weighted by Gasteiger charge is 2.37. The third-order valence-electron chi connectivity index (χ3n) is 3.97. The van der Waals surface area contributed by atoms with E-state index in [1.54, 1.807) is 6.92 Å². The van der Waals surface area contributed by atoms with Crippen LogP contribution in [0.4, 0.5) is 0 Å². The highest BCUT2D eigenvalue weighted by molar-refractivity contribution is 5.78. The van der Waals surface area contributed by atoms with Crippen molar-refractivity contribution in [1.82, 2.24) is 5.32 Å². The number of nitrogens with one attached hydrogen (secondary N) is 1. The molecule has 1 rings (SSSR count). The monoisotopic (exact) mass is 285 g/mol. The number of unbranched alkanes of at least 4 members (excludes halogenated alkanes) is 1. The number of carboxylic acids is 1. The minimum Gasteiger partial charge on any atom is -0.480 e. The molecule has 1 aliphatic carbocycles. The molecule has 2 unspecified atom stereocenters. The van der Waals surface area contributed by atoms with Crippen molar-refractivity contribution in [3.63, 3.8) is 0 Å². The summed E-state index contributed by atoms with van der Waals surface area (Å²) < 4.78 is 5.65. The van der Waals surface area contributed by atoms with Gasteiger partial charge in [0.15, 0.2) is 0 Å². The standard InChI is InChI=1S/C16H31NO3/c1-4-7-13(2)12-20-11-6-5-10-16(3,15(18)19)17-14-8-9-14/h13-14,17H,4-12H2,1-3H3,(H,18,19). The first-order chi connectivity index (χ1) is 9.48. The molecule has 1 aliphatic rings. The third-order valence-corrected chi connectivity index (χ3v) is 3.97. The van der Waals surface area contributed by atoms with E-state index in [9.17, 15) is 9.90 Å². The summed E-state index contributed by atoms with van der Waals surface area (Å²) in [6, 6.07) is 0.419. The largest absolute Gasteiger partial charge is 0.480 e. The van der Waals surface area contributed by atoms with E-state index in [1.165, 1.54) is 12.8 Å². The van der Waals surface area contributed by atoms with Gasteiger partial charge in [0.1, 0.15) is 5.54 Å². The molecule has 0 bridgehead atoms. The highest BCUT2D eigenvalue weighted by Crippen LogP contribution is 2.25. The Kier molecular flexibility index (Phi) is 7.52. The maximum Gasteiger partial charge on any atom is 0.323 e. The fourth-order valence-electron chi connectivity index (χ4n) is 2.46. The van der Waals surface area contributed by atoms with Crippen LogP contribution in [0.2, 0.25) is 0 Å². The van der Waals surface area contributed by atoms with Crippen molar-refractivity contribution in [2.24, 2.45) is 5.92 Å². The SMILES string of the molecule is CCCC(C)COCCCCC(C)(NC1CC1)C(=O)O. The zero-order valence-electron chi connectivity index (χ0n) is 13.3. The van der Waals surface area contributed by atoms with Crippen molar-refractivity contribution in [3.8, 4) is 0 Å². The normalized spacial score (nSPS) is 19.6. The van der Waals surface area contributed by atoms with E-state index < -0.39 is 11.5 Å². The molecule has 118 valence electrons. The first-order valence-corrected chi connectivity index (χ1v) is 8.06. The fraction of sp³-hybridized carbons (Fsp3) is 0.938. The van der Waals surface area contributed by atoms with Crippen LogP contribution in [-0.4, -0.2) is 35.9 Å². The second kappa shape index (κ2) is 8.63. The molecule has 0 aromatic heterocycles. The van der Waals surface area contributed by atoms with Crippen molar-refractivity contribution in [2.75, 3.05) is 13.2 Å². The molecule has 4 heteroatoms. The lowest BCUT2D eigenvalue weighted by molar-refractivity contribution is -0.144. The van der Waals surface area contributed by atoms with Crippen LogP contribution < -0.4 is 5.32 Å². The molecule has 2 atom stereocenters. The lowest BCUT2D eigenvalue weighted by Gasteiger charge is -2.26. The van der Waals surface area contributed by atoms with Crippen molar-refractivity contribution < 1.29 is 14.6 Å². The molecule has 20 heavy (non-hydrogen) atoms. The van der Waals surface area contributed by atoms with Crippen molar-refractivity contribution >= 4 is 5.97 Å². The van der Waals surface area contributed by atoms with Crippen LogP contribution in [0, 0.1) is 5.92 Å². The molecule has 0 aromatic rings. The van der Waals surface area contributed by atoms with Crippen molar-refractivity contribution in [1.29, 1.82) is 0 Å². The van der Waals surface area contributed by atoms with E-state index in [1.807, 2.05) is 0 Å².